The fraction of sp³-hybridized carbons (Fsp3) is 0.304. The van der Waals surface area contributed by atoms with Crippen molar-refractivity contribution in [3.05, 3.63) is 76.3 Å². The van der Waals surface area contributed by atoms with Gasteiger partial charge in [0, 0.05) is 24.1 Å². The second-order valence-corrected chi connectivity index (χ2v) is 7.65. The van der Waals surface area contributed by atoms with Crippen LogP contribution in [0.3, 0.4) is 0 Å². The predicted octanol–water partition coefficient (Wildman–Crippen LogP) is 4.90. The molecule has 0 saturated carbocycles. The van der Waals surface area contributed by atoms with Gasteiger partial charge in [0.25, 0.3) is 0 Å². The first-order valence-electron chi connectivity index (χ1n) is 9.58. The predicted molar refractivity (Wildman–Crippen MR) is 114 cm³/mol. The molecule has 0 unspecified atom stereocenters. The number of hydrogen-bond acceptors (Lipinski definition) is 4. The van der Waals surface area contributed by atoms with Crippen LogP contribution < -0.4 is 5.32 Å². The quantitative estimate of drug-likeness (QED) is 0.525. The van der Waals surface area contributed by atoms with Gasteiger partial charge in [0.05, 0.1) is 18.7 Å². The van der Waals surface area contributed by atoms with E-state index in [9.17, 15) is 4.79 Å². The van der Waals surface area contributed by atoms with Gasteiger partial charge in [-0.1, -0.05) is 55.0 Å². The summed E-state index contributed by atoms with van der Waals surface area (Å²) >= 11 is 1.57. The van der Waals surface area contributed by atoms with E-state index in [1.54, 1.807) is 11.3 Å². The van der Waals surface area contributed by atoms with Crippen molar-refractivity contribution in [2.75, 3.05) is 6.61 Å². The van der Waals surface area contributed by atoms with Crippen LogP contribution in [0, 0.1) is 6.92 Å². The van der Waals surface area contributed by atoms with Gasteiger partial charge in [0.15, 0.2) is 0 Å². The van der Waals surface area contributed by atoms with Crippen molar-refractivity contribution in [2.24, 2.45) is 0 Å². The van der Waals surface area contributed by atoms with E-state index in [1.165, 1.54) is 5.56 Å². The zero-order valence-corrected chi connectivity index (χ0v) is 17.2. The molecule has 0 aliphatic heterocycles. The molecule has 28 heavy (non-hydrogen) atoms. The molecule has 2 aromatic carbocycles. The summed E-state index contributed by atoms with van der Waals surface area (Å²) in [4.78, 5) is 17.0. The van der Waals surface area contributed by atoms with Gasteiger partial charge < -0.3 is 10.1 Å². The normalized spacial score (nSPS) is 10.8. The van der Waals surface area contributed by atoms with Crippen molar-refractivity contribution in [1.82, 2.24) is 10.3 Å². The number of nitrogens with one attached hydrogen (secondary N) is 1. The smallest absolute Gasteiger partial charge is 0.226 e. The highest BCUT2D eigenvalue weighted by Gasteiger charge is 2.10. The lowest BCUT2D eigenvalue weighted by molar-refractivity contribution is -0.120. The third-order valence-electron chi connectivity index (χ3n) is 4.36. The van der Waals surface area contributed by atoms with Crippen LogP contribution in [0.2, 0.25) is 0 Å². The molecular formula is C23H26N2O2S. The molecule has 4 nitrogen and oxygen atoms in total. The second-order valence-electron chi connectivity index (χ2n) is 6.79. The van der Waals surface area contributed by atoms with Crippen LogP contribution in [0.1, 0.15) is 35.7 Å². The van der Waals surface area contributed by atoms with Crippen LogP contribution >= 0.6 is 11.3 Å². The van der Waals surface area contributed by atoms with E-state index in [4.69, 9.17) is 4.74 Å². The zero-order chi connectivity index (χ0) is 19.8. The summed E-state index contributed by atoms with van der Waals surface area (Å²) < 4.78 is 5.64. The highest BCUT2D eigenvalue weighted by Crippen LogP contribution is 2.24. The molecule has 5 heteroatoms. The van der Waals surface area contributed by atoms with E-state index in [0.717, 1.165) is 40.4 Å². The molecule has 0 aliphatic rings. The Labute approximate surface area is 170 Å². The van der Waals surface area contributed by atoms with E-state index < -0.39 is 0 Å². The Morgan fingerprint density at radius 2 is 1.96 bits per heavy atom. The number of nitrogens with zero attached hydrogens (tertiary/aromatic N) is 1. The van der Waals surface area contributed by atoms with Gasteiger partial charge in [-0.2, -0.15) is 0 Å². The Hall–Kier alpha value is -2.50. The molecule has 0 aliphatic carbocycles. The standard InChI is InChI=1S/C23H26N2O2S/c1-3-11-27-15-20-9-5-4-8-19(20)14-24-22(26)13-21-16-28-23(25-21)18-10-6-7-17(2)12-18/h4-10,12,16H,3,11,13-15H2,1-2H3,(H,24,26). The number of rotatable bonds is 9. The largest absolute Gasteiger partial charge is 0.377 e. The molecule has 1 aromatic heterocycles. The lowest BCUT2D eigenvalue weighted by atomic mass is 10.1. The van der Waals surface area contributed by atoms with Gasteiger partial charge in [-0.15, -0.1) is 11.3 Å². The third kappa shape index (κ3) is 5.75. The average molecular weight is 395 g/mol. The number of hydrogen-bond donors (Lipinski definition) is 1. The topological polar surface area (TPSA) is 51.2 Å². The van der Waals surface area contributed by atoms with Crippen LogP contribution in [0.15, 0.2) is 53.9 Å². The molecule has 0 radical (unpaired) electrons. The lowest BCUT2D eigenvalue weighted by Crippen LogP contribution is -2.25. The molecule has 0 saturated heterocycles. The van der Waals surface area contributed by atoms with Gasteiger partial charge in [0.1, 0.15) is 5.01 Å². The van der Waals surface area contributed by atoms with E-state index in [1.807, 2.05) is 41.8 Å². The van der Waals surface area contributed by atoms with E-state index in [2.05, 4.69) is 36.3 Å². The summed E-state index contributed by atoms with van der Waals surface area (Å²) in [5.41, 5.74) is 5.31. The first-order valence-corrected chi connectivity index (χ1v) is 10.5. The van der Waals surface area contributed by atoms with Crippen molar-refractivity contribution in [3.63, 3.8) is 0 Å². The van der Waals surface area contributed by atoms with Crippen LogP contribution in [0.5, 0.6) is 0 Å². The van der Waals surface area contributed by atoms with Crippen LogP contribution in [-0.4, -0.2) is 17.5 Å². The molecule has 0 atom stereocenters. The lowest BCUT2D eigenvalue weighted by Gasteiger charge is -2.11. The van der Waals surface area contributed by atoms with Crippen molar-refractivity contribution < 1.29 is 9.53 Å². The molecular weight excluding hydrogens is 368 g/mol. The first kappa shape index (κ1) is 20.2. The summed E-state index contributed by atoms with van der Waals surface area (Å²) in [5.74, 6) is -0.0228. The summed E-state index contributed by atoms with van der Waals surface area (Å²) in [7, 11) is 0. The van der Waals surface area contributed by atoms with Gasteiger partial charge in [-0.25, -0.2) is 4.98 Å². The summed E-state index contributed by atoms with van der Waals surface area (Å²) in [6, 6.07) is 16.3. The highest BCUT2D eigenvalue weighted by atomic mass is 32.1. The molecule has 0 spiro atoms. The van der Waals surface area contributed by atoms with Crippen LogP contribution in [0.4, 0.5) is 0 Å². The van der Waals surface area contributed by atoms with Crippen LogP contribution in [-0.2, 0) is 29.1 Å². The van der Waals surface area contributed by atoms with Crippen molar-refractivity contribution in [2.45, 2.75) is 39.8 Å². The molecule has 1 N–H and O–H groups in total. The first-order chi connectivity index (χ1) is 13.7. The molecule has 1 heterocycles. The number of benzene rings is 2. The minimum absolute atomic E-state index is 0.0228. The fourth-order valence-electron chi connectivity index (χ4n) is 2.92. The SMILES string of the molecule is CCCOCc1ccccc1CNC(=O)Cc1csc(-c2cccc(C)c2)n1. The number of thiazole rings is 1. The van der Waals surface area contributed by atoms with Gasteiger partial charge in [-0.05, 0) is 30.5 Å². The van der Waals surface area contributed by atoms with Crippen LogP contribution in [0.25, 0.3) is 10.6 Å². The van der Waals surface area contributed by atoms with Gasteiger partial charge >= 0.3 is 0 Å². The van der Waals surface area contributed by atoms with Crippen molar-refractivity contribution in [3.8, 4) is 10.6 Å². The number of carbonyl (C=O) groups excluding carboxylic acids is 1. The number of aryl methyl sites for hydroxylation is 1. The van der Waals surface area contributed by atoms with Gasteiger partial charge in [-0.3, -0.25) is 4.79 Å². The summed E-state index contributed by atoms with van der Waals surface area (Å²) in [6.45, 7) is 5.98. The molecule has 0 fully saturated rings. The maximum atomic E-state index is 12.4. The Kier molecular flexibility index (Phi) is 7.34. The number of carbonyl (C=O) groups is 1. The van der Waals surface area contributed by atoms with Crippen molar-refractivity contribution >= 4 is 17.2 Å². The Bertz CT molecular complexity index is 920. The maximum Gasteiger partial charge on any atom is 0.226 e. The Morgan fingerprint density at radius 3 is 2.75 bits per heavy atom. The number of ether oxygens (including phenoxy) is 1. The fourth-order valence-corrected chi connectivity index (χ4v) is 3.73. The Balaban J connectivity index is 1.55. The van der Waals surface area contributed by atoms with E-state index in [-0.39, 0.29) is 12.3 Å². The minimum Gasteiger partial charge on any atom is -0.377 e. The second kappa shape index (κ2) is 10.2. The molecule has 0 bridgehead atoms. The summed E-state index contributed by atoms with van der Waals surface area (Å²) in [5, 5.41) is 5.92. The number of amides is 1. The van der Waals surface area contributed by atoms with E-state index in [0.29, 0.717) is 13.2 Å². The summed E-state index contributed by atoms with van der Waals surface area (Å²) in [6.07, 6.45) is 1.29. The van der Waals surface area contributed by atoms with Crippen molar-refractivity contribution in [1.29, 1.82) is 0 Å². The monoisotopic (exact) mass is 394 g/mol. The van der Waals surface area contributed by atoms with E-state index >= 15 is 0 Å². The molecule has 1 amide bonds. The molecule has 146 valence electrons. The zero-order valence-electron chi connectivity index (χ0n) is 16.4. The maximum absolute atomic E-state index is 12.4. The highest BCUT2D eigenvalue weighted by molar-refractivity contribution is 7.13. The third-order valence-corrected chi connectivity index (χ3v) is 5.30. The molecule has 3 rings (SSSR count). The molecule has 3 aromatic rings. The minimum atomic E-state index is -0.0228. The average Bonchev–Trinajstić information content (AvgIpc) is 3.16. The van der Waals surface area contributed by atoms with Gasteiger partial charge in [0.2, 0.25) is 5.91 Å². The Morgan fingerprint density at radius 1 is 1.14 bits per heavy atom. The number of aromatic nitrogens is 1.